The number of hydrogen-bond donors (Lipinski definition) is 3. The van der Waals surface area contributed by atoms with Gasteiger partial charge in [-0.3, -0.25) is 4.79 Å². The van der Waals surface area contributed by atoms with E-state index in [0.29, 0.717) is 25.2 Å². The van der Waals surface area contributed by atoms with Gasteiger partial charge >= 0.3 is 0 Å². The number of fused-ring (bicyclic) bond motifs is 4. The summed E-state index contributed by atoms with van der Waals surface area (Å²) in [4.78, 5) is 13.7. The smallest absolute Gasteiger partial charge is 0.159 e. The quantitative estimate of drug-likeness (QED) is 0.496. The van der Waals surface area contributed by atoms with Crippen molar-refractivity contribution in [2.75, 3.05) is 6.61 Å². The van der Waals surface area contributed by atoms with Crippen LogP contribution in [0, 0.1) is 39.9 Å². The second-order valence-corrected chi connectivity index (χ2v) is 14.6. The van der Waals surface area contributed by atoms with Gasteiger partial charge in [0.2, 0.25) is 0 Å². The molecular formula is C30H48O5. The predicted molar refractivity (Wildman–Crippen MR) is 136 cm³/mol. The van der Waals surface area contributed by atoms with E-state index in [4.69, 9.17) is 4.74 Å². The van der Waals surface area contributed by atoms with E-state index < -0.39 is 17.1 Å². The molecule has 5 aliphatic rings. The Morgan fingerprint density at radius 1 is 1.00 bits per heavy atom. The highest BCUT2D eigenvalue weighted by Gasteiger charge is 2.66. The molecule has 4 saturated carbocycles. The normalized spacial score (nSPS) is 54.4. The first-order chi connectivity index (χ1) is 16.1. The Bertz CT molecular complexity index is 933. The number of aliphatic hydroxyl groups excluding tert-OH is 2. The van der Waals surface area contributed by atoms with Crippen LogP contribution in [0.25, 0.3) is 0 Å². The molecule has 198 valence electrons. The molecule has 5 fully saturated rings. The summed E-state index contributed by atoms with van der Waals surface area (Å²) < 4.78 is 6.58. The molecule has 5 heteroatoms. The second-order valence-electron chi connectivity index (χ2n) is 14.6. The summed E-state index contributed by atoms with van der Waals surface area (Å²) in [5.41, 5.74) is 0.420. The first-order valence-electron chi connectivity index (χ1n) is 14.0. The summed E-state index contributed by atoms with van der Waals surface area (Å²) in [6.07, 6.45) is 5.95. The molecule has 1 heterocycles. The number of allylic oxidation sites excluding steroid dienone is 1. The van der Waals surface area contributed by atoms with Crippen molar-refractivity contribution in [3.05, 3.63) is 11.1 Å². The second kappa shape index (κ2) is 7.88. The maximum atomic E-state index is 13.7. The Kier molecular flexibility index (Phi) is 5.83. The van der Waals surface area contributed by atoms with Crippen LogP contribution in [0.3, 0.4) is 0 Å². The van der Waals surface area contributed by atoms with Gasteiger partial charge in [-0.15, -0.1) is 0 Å². The maximum absolute atomic E-state index is 13.7. The lowest BCUT2D eigenvalue weighted by Gasteiger charge is -2.62. The summed E-state index contributed by atoms with van der Waals surface area (Å²) in [6.45, 7) is 15.1. The van der Waals surface area contributed by atoms with Crippen LogP contribution in [0.2, 0.25) is 0 Å². The van der Waals surface area contributed by atoms with E-state index in [9.17, 15) is 20.1 Å². The van der Waals surface area contributed by atoms with Gasteiger partial charge in [0.15, 0.2) is 5.78 Å². The third-order valence-corrected chi connectivity index (χ3v) is 12.2. The molecule has 0 amide bonds. The molecule has 10 unspecified atom stereocenters. The third-order valence-electron chi connectivity index (χ3n) is 12.2. The molecule has 3 N–H and O–H groups in total. The summed E-state index contributed by atoms with van der Waals surface area (Å²) in [7, 11) is 0. The number of aliphatic hydroxyl groups is 3. The molecule has 0 aromatic carbocycles. The fraction of sp³-hybridized carbons (Fsp3) is 0.900. The number of rotatable bonds is 3. The number of Topliss-reactive ketones (excluding diaryl/α,β-unsaturated/α-hetero) is 1. The number of carbonyl (C=O) groups excluding carboxylic acids is 1. The van der Waals surface area contributed by atoms with Gasteiger partial charge in [0.05, 0.1) is 30.0 Å². The highest BCUT2D eigenvalue weighted by Crippen LogP contribution is 2.69. The van der Waals surface area contributed by atoms with Crippen molar-refractivity contribution in [1.82, 2.24) is 0 Å². The zero-order valence-corrected chi connectivity index (χ0v) is 23.0. The first-order valence-corrected chi connectivity index (χ1v) is 14.0. The lowest BCUT2D eigenvalue weighted by molar-refractivity contribution is -0.178. The monoisotopic (exact) mass is 488 g/mol. The first kappa shape index (κ1) is 25.9. The molecule has 0 radical (unpaired) electrons. The number of ketones is 1. The van der Waals surface area contributed by atoms with Crippen LogP contribution >= 0.6 is 0 Å². The van der Waals surface area contributed by atoms with Crippen LogP contribution in [0.1, 0.15) is 99.8 Å². The number of ether oxygens (including phenoxy) is 1. The molecule has 0 bridgehead atoms. The van der Waals surface area contributed by atoms with E-state index in [1.54, 1.807) is 0 Å². The van der Waals surface area contributed by atoms with Gasteiger partial charge in [-0.2, -0.15) is 0 Å². The Labute approximate surface area is 211 Å². The average Bonchev–Trinajstić information content (AvgIpc) is 3.33. The van der Waals surface area contributed by atoms with E-state index in [-0.39, 0.29) is 52.7 Å². The lowest BCUT2D eigenvalue weighted by atomic mass is 9.43. The fourth-order valence-corrected chi connectivity index (χ4v) is 10.5. The molecule has 1 saturated heterocycles. The Balaban J connectivity index is 1.48. The van der Waals surface area contributed by atoms with E-state index in [2.05, 4.69) is 34.6 Å². The maximum Gasteiger partial charge on any atom is 0.159 e. The minimum absolute atomic E-state index is 0.00911. The summed E-state index contributed by atoms with van der Waals surface area (Å²) >= 11 is 0. The van der Waals surface area contributed by atoms with Gasteiger partial charge in [0, 0.05) is 23.3 Å². The Hall–Kier alpha value is -0.750. The van der Waals surface area contributed by atoms with Crippen molar-refractivity contribution in [1.29, 1.82) is 0 Å². The van der Waals surface area contributed by atoms with Gasteiger partial charge in [-0.1, -0.05) is 26.3 Å². The highest BCUT2D eigenvalue weighted by molar-refractivity contribution is 6.00. The molecule has 35 heavy (non-hydrogen) atoms. The van der Waals surface area contributed by atoms with E-state index in [0.717, 1.165) is 43.3 Å². The van der Waals surface area contributed by atoms with Crippen LogP contribution in [-0.2, 0) is 9.53 Å². The molecule has 5 nitrogen and oxygen atoms in total. The largest absolute Gasteiger partial charge is 0.396 e. The van der Waals surface area contributed by atoms with Crippen LogP contribution in [0.15, 0.2) is 11.1 Å². The molecule has 5 rings (SSSR count). The Morgan fingerprint density at radius 3 is 2.34 bits per heavy atom. The number of carbonyl (C=O) groups is 1. The zero-order chi connectivity index (χ0) is 25.8. The fourth-order valence-electron chi connectivity index (χ4n) is 10.5. The van der Waals surface area contributed by atoms with Crippen molar-refractivity contribution >= 4 is 5.78 Å². The minimum Gasteiger partial charge on any atom is -0.396 e. The van der Waals surface area contributed by atoms with Crippen LogP contribution < -0.4 is 0 Å². The van der Waals surface area contributed by atoms with Gasteiger partial charge in [-0.25, -0.2) is 0 Å². The average molecular weight is 489 g/mol. The van der Waals surface area contributed by atoms with Gasteiger partial charge in [0.1, 0.15) is 0 Å². The third kappa shape index (κ3) is 3.43. The van der Waals surface area contributed by atoms with Crippen molar-refractivity contribution in [3.63, 3.8) is 0 Å². The van der Waals surface area contributed by atoms with Crippen LogP contribution in [-0.4, -0.2) is 51.1 Å². The van der Waals surface area contributed by atoms with Gasteiger partial charge < -0.3 is 20.1 Å². The van der Waals surface area contributed by atoms with Crippen molar-refractivity contribution < 1.29 is 24.9 Å². The molecule has 10 atom stereocenters. The van der Waals surface area contributed by atoms with E-state index in [1.165, 1.54) is 0 Å². The molecule has 0 spiro atoms. The van der Waals surface area contributed by atoms with Gasteiger partial charge in [0.25, 0.3) is 0 Å². The molecule has 1 aliphatic heterocycles. The van der Waals surface area contributed by atoms with Crippen molar-refractivity contribution in [2.45, 2.75) is 123 Å². The minimum atomic E-state index is -0.719. The van der Waals surface area contributed by atoms with E-state index in [1.807, 2.05) is 13.8 Å². The predicted octanol–water partition coefficient (Wildman–Crippen LogP) is 4.81. The molecule has 0 aromatic heterocycles. The summed E-state index contributed by atoms with van der Waals surface area (Å²) in [6, 6.07) is 0. The highest BCUT2D eigenvalue weighted by atomic mass is 16.5. The zero-order valence-electron chi connectivity index (χ0n) is 23.0. The lowest BCUT2D eigenvalue weighted by Crippen LogP contribution is -2.59. The van der Waals surface area contributed by atoms with E-state index >= 15 is 0 Å². The van der Waals surface area contributed by atoms with Gasteiger partial charge in [-0.05, 0) is 101 Å². The van der Waals surface area contributed by atoms with Crippen molar-refractivity contribution in [2.24, 2.45) is 39.9 Å². The number of hydrogen-bond acceptors (Lipinski definition) is 5. The molecule has 0 aromatic rings. The standard InChI is InChI=1S/C30H48O5/c1-17(14-20-25-18(26(2,3)35-20)8-13-30(25,7)34)24-19(32)15-22-27(4)12-10-23(33)29(6,16-31)21(27)9-11-28(22,24)5/h18,20-23,25,31,33-34H,8-16H2,1-7H3. The summed E-state index contributed by atoms with van der Waals surface area (Å²) in [5, 5.41) is 32.3. The van der Waals surface area contributed by atoms with Crippen LogP contribution in [0.4, 0.5) is 0 Å². The van der Waals surface area contributed by atoms with Crippen molar-refractivity contribution in [3.8, 4) is 0 Å². The SMILES string of the molecule is CC(CC1OC(C)(C)C2CCC(C)(O)C12)=C1C(=O)CC2C1(C)CCC1C(C)(CO)C(O)CCC21C. The van der Waals surface area contributed by atoms with Crippen LogP contribution in [0.5, 0.6) is 0 Å². The topological polar surface area (TPSA) is 87.0 Å². The summed E-state index contributed by atoms with van der Waals surface area (Å²) in [5.74, 6) is 1.17. The molecular weight excluding hydrogens is 440 g/mol. The Morgan fingerprint density at radius 2 is 1.69 bits per heavy atom. The molecule has 4 aliphatic carbocycles.